The molecule has 0 aliphatic carbocycles. The van der Waals surface area contributed by atoms with E-state index in [0.717, 1.165) is 6.07 Å². The molecule has 0 fully saturated rings. The minimum atomic E-state index is -0.814. The van der Waals surface area contributed by atoms with Crippen LogP contribution in [0.3, 0.4) is 0 Å². The Morgan fingerprint density at radius 3 is 2.62 bits per heavy atom. The number of hydrogen-bond donors (Lipinski definition) is 2. The van der Waals surface area contributed by atoms with Crippen LogP contribution in [0, 0.1) is 0 Å². The van der Waals surface area contributed by atoms with Crippen molar-refractivity contribution in [2.75, 3.05) is 0 Å². The molecule has 0 radical (unpaired) electrons. The van der Waals surface area contributed by atoms with Crippen LogP contribution in [-0.2, 0) is 16.0 Å². The lowest BCUT2D eigenvalue weighted by Gasteiger charge is -2.16. The Balaban J connectivity index is 3.25. The average molecular weight is 353 g/mol. The highest BCUT2D eigenvalue weighted by atomic mass is 35.5. The monoisotopic (exact) mass is 352 g/mol. The summed E-state index contributed by atoms with van der Waals surface area (Å²) in [4.78, 5) is 24.3. The van der Waals surface area contributed by atoms with Crippen LogP contribution in [0.2, 0.25) is 5.02 Å². The van der Waals surface area contributed by atoms with Gasteiger partial charge < -0.3 is 14.9 Å². The molecule has 0 aromatic heterocycles. The van der Waals surface area contributed by atoms with Crippen LogP contribution in [0.15, 0.2) is 30.9 Å². The van der Waals surface area contributed by atoms with Gasteiger partial charge in [0.1, 0.15) is 23.2 Å². The first-order valence-electron chi connectivity index (χ1n) is 7.56. The Hall–Kier alpha value is -2.27. The summed E-state index contributed by atoms with van der Waals surface area (Å²) in [6.45, 7) is 7.11. The highest BCUT2D eigenvalue weighted by molar-refractivity contribution is 6.33. The van der Waals surface area contributed by atoms with Crippen molar-refractivity contribution in [3.63, 3.8) is 0 Å². The highest BCUT2D eigenvalue weighted by Crippen LogP contribution is 2.37. The standard InChI is InChI=1S/C18H21ClO5/c1-4-6-8-12(20)9-13-16(14(21)10-15(22)17(13)19)18(23)24-11(3)7-5-2/h5-6,8,10-11,21-22H,2,4,7,9H2,1,3H3/b8-6+/t11-/m1/s1. The molecule has 0 bridgehead atoms. The summed E-state index contributed by atoms with van der Waals surface area (Å²) in [5.41, 5.74) is -0.178. The van der Waals surface area contributed by atoms with Gasteiger partial charge in [0.25, 0.3) is 0 Å². The number of ketones is 1. The van der Waals surface area contributed by atoms with Crippen LogP contribution in [0.4, 0.5) is 0 Å². The third-order valence-electron chi connectivity index (χ3n) is 3.22. The normalized spacial score (nSPS) is 12.1. The second-order valence-corrected chi connectivity index (χ2v) is 5.65. The van der Waals surface area contributed by atoms with E-state index in [1.54, 1.807) is 19.1 Å². The molecule has 24 heavy (non-hydrogen) atoms. The lowest BCUT2D eigenvalue weighted by atomic mass is 10.00. The third kappa shape index (κ3) is 5.13. The summed E-state index contributed by atoms with van der Waals surface area (Å²) in [5.74, 6) is -2.02. The predicted molar refractivity (Wildman–Crippen MR) is 92.6 cm³/mol. The largest absolute Gasteiger partial charge is 0.507 e. The van der Waals surface area contributed by atoms with Crippen LogP contribution >= 0.6 is 11.6 Å². The quantitative estimate of drug-likeness (QED) is 0.420. The number of esters is 1. The average Bonchev–Trinajstić information content (AvgIpc) is 2.50. The lowest BCUT2D eigenvalue weighted by molar-refractivity contribution is -0.114. The number of allylic oxidation sites excluding steroid dienone is 2. The van der Waals surface area contributed by atoms with Crippen LogP contribution in [0.25, 0.3) is 0 Å². The Kier molecular flexibility index (Phi) is 7.52. The molecule has 0 saturated heterocycles. The molecule has 0 aliphatic heterocycles. The van der Waals surface area contributed by atoms with Crippen LogP contribution in [0.5, 0.6) is 11.5 Å². The van der Waals surface area contributed by atoms with Gasteiger partial charge in [0, 0.05) is 24.5 Å². The van der Waals surface area contributed by atoms with E-state index < -0.39 is 23.6 Å². The number of rotatable bonds is 8. The SMILES string of the molecule is C=CC[C@@H](C)OC(=O)c1c(O)cc(O)c(Cl)c1CC(=O)/C=C/CC. The van der Waals surface area contributed by atoms with Gasteiger partial charge in [0.2, 0.25) is 0 Å². The molecule has 1 aromatic carbocycles. The smallest absolute Gasteiger partial charge is 0.342 e. The van der Waals surface area contributed by atoms with Crippen molar-refractivity contribution in [1.29, 1.82) is 0 Å². The Morgan fingerprint density at radius 1 is 1.38 bits per heavy atom. The molecule has 1 atom stereocenters. The minimum Gasteiger partial charge on any atom is -0.507 e. The Morgan fingerprint density at radius 2 is 2.04 bits per heavy atom. The van der Waals surface area contributed by atoms with Crippen molar-refractivity contribution in [2.24, 2.45) is 0 Å². The number of carbonyl (C=O) groups is 2. The molecule has 6 heteroatoms. The van der Waals surface area contributed by atoms with Crippen molar-refractivity contribution in [2.45, 2.75) is 39.2 Å². The molecular formula is C18H21ClO5. The summed E-state index contributed by atoms with van der Waals surface area (Å²) in [6.07, 6.45) is 5.06. The number of aromatic hydroxyl groups is 2. The molecule has 0 amide bonds. The second-order valence-electron chi connectivity index (χ2n) is 5.28. The summed E-state index contributed by atoms with van der Waals surface area (Å²) in [7, 11) is 0. The van der Waals surface area contributed by atoms with E-state index >= 15 is 0 Å². The fraction of sp³-hybridized carbons (Fsp3) is 0.333. The number of hydrogen-bond acceptors (Lipinski definition) is 5. The number of halogens is 1. The molecule has 0 heterocycles. The van der Waals surface area contributed by atoms with Crippen molar-refractivity contribution in [3.8, 4) is 11.5 Å². The van der Waals surface area contributed by atoms with Crippen LogP contribution in [0.1, 0.15) is 42.6 Å². The van der Waals surface area contributed by atoms with Crippen molar-refractivity contribution < 1.29 is 24.5 Å². The summed E-state index contributed by atoms with van der Waals surface area (Å²) in [6, 6.07) is 0.951. The molecular weight excluding hydrogens is 332 g/mol. The summed E-state index contributed by atoms with van der Waals surface area (Å²) in [5, 5.41) is 19.6. The zero-order valence-corrected chi connectivity index (χ0v) is 14.5. The topological polar surface area (TPSA) is 83.8 Å². The molecule has 0 saturated carbocycles. The highest BCUT2D eigenvalue weighted by Gasteiger charge is 2.25. The van der Waals surface area contributed by atoms with Gasteiger partial charge in [-0.2, -0.15) is 0 Å². The fourth-order valence-corrected chi connectivity index (χ4v) is 2.30. The van der Waals surface area contributed by atoms with Gasteiger partial charge in [-0.05, 0) is 19.4 Å². The summed E-state index contributed by atoms with van der Waals surface area (Å²) >= 11 is 6.03. The maximum atomic E-state index is 12.3. The van der Waals surface area contributed by atoms with Gasteiger partial charge in [-0.25, -0.2) is 4.79 Å². The van der Waals surface area contributed by atoms with Gasteiger partial charge in [0.05, 0.1) is 5.02 Å². The molecule has 0 spiro atoms. The zero-order chi connectivity index (χ0) is 18.3. The lowest BCUT2D eigenvalue weighted by Crippen LogP contribution is -2.17. The van der Waals surface area contributed by atoms with E-state index in [1.165, 1.54) is 6.08 Å². The van der Waals surface area contributed by atoms with E-state index in [-0.39, 0.29) is 28.4 Å². The van der Waals surface area contributed by atoms with E-state index in [0.29, 0.717) is 12.8 Å². The number of phenols is 2. The van der Waals surface area contributed by atoms with Crippen molar-refractivity contribution >= 4 is 23.4 Å². The second kappa shape index (κ2) is 9.13. The Bertz CT molecular complexity index is 664. The molecule has 5 nitrogen and oxygen atoms in total. The molecule has 1 aromatic rings. The Labute approximate surface area is 146 Å². The predicted octanol–water partition coefficient (Wildman–Crippen LogP) is 3.95. The third-order valence-corrected chi connectivity index (χ3v) is 3.64. The van der Waals surface area contributed by atoms with Gasteiger partial charge in [0.15, 0.2) is 5.78 Å². The van der Waals surface area contributed by atoms with Crippen molar-refractivity contribution in [1.82, 2.24) is 0 Å². The van der Waals surface area contributed by atoms with Gasteiger partial charge in [-0.3, -0.25) is 4.79 Å². The molecule has 2 N–H and O–H groups in total. The van der Waals surface area contributed by atoms with Crippen molar-refractivity contribution in [3.05, 3.63) is 47.0 Å². The van der Waals surface area contributed by atoms with E-state index in [4.69, 9.17) is 16.3 Å². The minimum absolute atomic E-state index is 0.0377. The number of benzene rings is 1. The number of phenolic OH excluding ortho intramolecular Hbond substituents is 2. The van der Waals surface area contributed by atoms with E-state index in [1.807, 2.05) is 6.92 Å². The number of ether oxygens (including phenoxy) is 1. The van der Waals surface area contributed by atoms with Gasteiger partial charge in [-0.1, -0.05) is 30.7 Å². The first kappa shape index (κ1) is 19.8. The first-order chi connectivity index (χ1) is 11.3. The molecule has 1 rings (SSSR count). The van der Waals surface area contributed by atoms with E-state index in [2.05, 4.69) is 6.58 Å². The molecule has 0 unspecified atom stereocenters. The van der Waals surface area contributed by atoms with Gasteiger partial charge >= 0.3 is 5.97 Å². The molecule has 130 valence electrons. The maximum Gasteiger partial charge on any atom is 0.342 e. The van der Waals surface area contributed by atoms with E-state index in [9.17, 15) is 19.8 Å². The summed E-state index contributed by atoms with van der Waals surface area (Å²) < 4.78 is 5.22. The van der Waals surface area contributed by atoms with Gasteiger partial charge in [-0.15, -0.1) is 6.58 Å². The first-order valence-corrected chi connectivity index (χ1v) is 7.94. The van der Waals surface area contributed by atoms with Crippen LogP contribution < -0.4 is 0 Å². The fourth-order valence-electron chi connectivity index (χ4n) is 2.08. The van der Waals surface area contributed by atoms with Crippen LogP contribution in [-0.4, -0.2) is 28.1 Å². The molecule has 0 aliphatic rings. The zero-order valence-electron chi connectivity index (χ0n) is 13.7. The number of carbonyl (C=O) groups excluding carboxylic acids is 2. The maximum absolute atomic E-state index is 12.3.